The molecule has 5 heteroatoms. The lowest BCUT2D eigenvalue weighted by Crippen LogP contribution is -2.20. The van der Waals surface area contributed by atoms with Gasteiger partial charge in [-0.15, -0.1) is 10.2 Å². The average molecular weight is 277 g/mol. The lowest BCUT2D eigenvalue weighted by atomic mass is 9.86. The van der Waals surface area contributed by atoms with Crippen LogP contribution in [0.4, 0.5) is 5.13 Å². The smallest absolute Gasteiger partial charge is 0.226 e. The minimum Gasteiger partial charge on any atom is -0.301 e. The van der Waals surface area contributed by atoms with Crippen LogP contribution in [0.1, 0.15) is 55.9 Å². The molecule has 4 nitrogen and oxygen atoms in total. The molecule has 4 rings (SSSR count). The highest BCUT2D eigenvalue weighted by molar-refractivity contribution is 7.15. The second-order valence-electron chi connectivity index (χ2n) is 6.41. The van der Waals surface area contributed by atoms with E-state index < -0.39 is 0 Å². The van der Waals surface area contributed by atoms with Gasteiger partial charge >= 0.3 is 0 Å². The molecule has 1 N–H and O–H groups in total. The van der Waals surface area contributed by atoms with Crippen LogP contribution >= 0.6 is 11.3 Å². The Hall–Kier alpha value is -0.970. The number of nitrogens with one attached hydrogen (secondary N) is 1. The summed E-state index contributed by atoms with van der Waals surface area (Å²) in [6.45, 7) is 0. The molecule has 3 saturated carbocycles. The Morgan fingerprint density at radius 1 is 1.21 bits per heavy atom. The number of aromatic nitrogens is 2. The van der Waals surface area contributed by atoms with E-state index in [1.165, 1.54) is 38.5 Å². The Bertz CT molecular complexity index is 497. The van der Waals surface area contributed by atoms with Crippen molar-refractivity contribution >= 4 is 22.4 Å². The summed E-state index contributed by atoms with van der Waals surface area (Å²) in [5.74, 6) is 3.09. The van der Waals surface area contributed by atoms with Gasteiger partial charge in [0.05, 0.1) is 0 Å². The summed E-state index contributed by atoms with van der Waals surface area (Å²) in [7, 11) is 0. The highest BCUT2D eigenvalue weighted by Crippen LogP contribution is 2.49. The standard InChI is InChI=1S/C14H19N3OS/c18-12(7-11-6-8-1-2-10(11)5-8)15-14-17-16-13(19-14)9-3-4-9/h8-11H,1-7H2,(H,15,17,18)/t8-,10+,11+/m0/s1. The molecule has 1 heterocycles. The number of hydrogen-bond donors (Lipinski definition) is 1. The van der Waals surface area contributed by atoms with Crippen LogP contribution in [0.3, 0.4) is 0 Å². The number of hydrogen-bond acceptors (Lipinski definition) is 4. The summed E-state index contributed by atoms with van der Waals surface area (Å²) in [5, 5.41) is 13.0. The molecular weight excluding hydrogens is 258 g/mol. The fourth-order valence-electron chi connectivity index (χ4n) is 3.82. The summed E-state index contributed by atoms with van der Waals surface area (Å²) in [4.78, 5) is 12.1. The third kappa shape index (κ3) is 2.40. The number of fused-ring (bicyclic) bond motifs is 2. The lowest BCUT2D eigenvalue weighted by Gasteiger charge is -2.20. The molecule has 1 aromatic heterocycles. The molecule has 3 aliphatic rings. The van der Waals surface area contributed by atoms with Crippen molar-refractivity contribution in [2.75, 3.05) is 5.32 Å². The van der Waals surface area contributed by atoms with Gasteiger partial charge in [-0.05, 0) is 49.9 Å². The van der Waals surface area contributed by atoms with E-state index >= 15 is 0 Å². The molecule has 3 atom stereocenters. The minimum atomic E-state index is 0.135. The number of rotatable bonds is 4. The van der Waals surface area contributed by atoms with Gasteiger partial charge in [0.15, 0.2) is 0 Å². The molecular formula is C14H19N3OS. The quantitative estimate of drug-likeness (QED) is 0.919. The number of carbonyl (C=O) groups excluding carboxylic acids is 1. The molecule has 3 fully saturated rings. The van der Waals surface area contributed by atoms with Crippen LogP contribution in [-0.4, -0.2) is 16.1 Å². The third-order valence-electron chi connectivity index (χ3n) is 4.95. The molecule has 0 saturated heterocycles. The van der Waals surface area contributed by atoms with Crippen molar-refractivity contribution in [2.45, 2.75) is 50.9 Å². The molecule has 1 aromatic rings. The number of amides is 1. The molecule has 0 spiro atoms. The maximum Gasteiger partial charge on any atom is 0.226 e. The molecule has 0 unspecified atom stereocenters. The minimum absolute atomic E-state index is 0.135. The van der Waals surface area contributed by atoms with Gasteiger partial charge < -0.3 is 5.32 Å². The van der Waals surface area contributed by atoms with Gasteiger partial charge in [-0.1, -0.05) is 17.8 Å². The fraction of sp³-hybridized carbons (Fsp3) is 0.786. The summed E-state index contributed by atoms with van der Waals surface area (Å²) >= 11 is 1.55. The maximum atomic E-state index is 12.1. The van der Waals surface area contributed by atoms with Gasteiger partial charge in [-0.25, -0.2) is 0 Å². The normalized spacial score (nSPS) is 32.7. The molecule has 0 aromatic carbocycles. The van der Waals surface area contributed by atoms with E-state index in [9.17, 15) is 4.79 Å². The highest BCUT2D eigenvalue weighted by atomic mass is 32.1. The topological polar surface area (TPSA) is 54.9 Å². The summed E-state index contributed by atoms with van der Waals surface area (Å²) in [5.41, 5.74) is 0. The Morgan fingerprint density at radius 3 is 2.79 bits per heavy atom. The van der Waals surface area contributed by atoms with Gasteiger partial charge in [-0.2, -0.15) is 0 Å². The Balaban J connectivity index is 1.33. The second kappa shape index (κ2) is 4.54. The van der Waals surface area contributed by atoms with Crippen LogP contribution in [0.15, 0.2) is 0 Å². The predicted molar refractivity (Wildman–Crippen MR) is 74.1 cm³/mol. The van der Waals surface area contributed by atoms with Crippen molar-refractivity contribution in [3.8, 4) is 0 Å². The summed E-state index contributed by atoms with van der Waals surface area (Å²) in [6, 6.07) is 0. The molecule has 102 valence electrons. The maximum absolute atomic E-state index is 12.1. The third-order valence-corrected chi connectivity index (χ3v) is 5.95. The van der Waals surface area contributed by atoms with Crippen molar-refractivity contribution in [1.82, 2.24) is 10.2 Å². The Morgan fingerprint density at radius 2 is 2.11 bits per heavy atom. The van der Waals surface area contributed by atoms with Crippen LogP contribution in [0.2, 0.25) is 0 Å². The Labute approximate surface area is 117 Å². The van der Waals surface area contributed by atoms with Crippen LogP contribution in [0.5, 0.6) is 0 Å². The van der Waals surface area contributed by atoms with Crippen LogP contribution in [0, 0.1) is 17.8 Å². The monoisotopic (exact) mass is 277 g/mol. The molecule has 3 aliphatic carbocycles. The summed E-state index contributed by atoms with van der Waals surface area (Å²) < 4.78 is 0. The van der Waals surface area contributed by atoms with Crippen molar-refractivity contribution in [3.05, 3.63) is 5.01 Å². The van der Waals surface area contributed by atoms with E-state index in [0.717, 1.165) is 16.8 Å². The van der Waals surface area contributed by atoms with Gasteiger partial charge in [0.1, 0.15) is 5.01 Å². The second-order valence-corrected chi connectivity index (χ2v) is 7.42. The van der Waals surface area contributed by atoms with Crippen LogP contribution in [-0.2, 0) is 4.79 Å². The zero-order chi connectivity index (χ0) is 12.8. The first-order chi connectivity index (χ1) is 9.28. The van der Waals surface area contributed by atoms with E-state index in [-0.39, 0.29) is 5.91 Å². The van der Waals surface area contributed by atoms with E-state index in [1.807, 2.05) is 0 Å². The molecule has 0 aliphatic heterocycles. The van der Waals surface area contributed by atoms with E-state index in [0.29, 0.717) is 23.4 Å². The van der Waals surface area contributed by atoms with Crippen molar-refractivity contribution in [1.29, 1.82) is 0 Å². The van der Waals surface area contributed by atoms with E-state index in [4.69, 9.17) is 0 Å². The summed E-state index contributed by atoms with van der Waals surface area (Å²) in [6.07, 6.45) is 8.50. The van der Waals surface area contributed by atoms with Crippen LogP contribution in [0.25, 0.3) is 0 Å². The first-order valence-corrected chi connectivity index (χ1v) is 8.23. The predicted octanol–water partition coefficient (Wildman–Crippen LogP) is 3.18. The SMILES string of the molecule is O=C(C[C@H]1C[C@H]2CC[C@@H]1C2)Nc1nnc(C2CC2)s1. The first-order valence-electron chi connectivity index (χ1n) is 7.41. The van der Waals surface area contributed by atoms with Gasteiger partial charge in [0.2, 0.25) is 11.0 Å². The molecule has 19 heavy (non-hydrogen) atoms. The first kappa shape index (κ1) is 11.8. The number of anilines is 1. The van der Waals surface area contributed by atoms with Gasteiger partial charge in [0.25, 0.3) is 0 Å². The Kier molecular flexibility index (Phi) is 2.83. The molecule has 0 radical (unpaired) electrons. The number of nitrogens with zero attached hydrogens (tertiary/aromatic N) is 2. The molecule has 2 bridgehead atoms. The van der Waals surface area contributed by atoms with Crippen LogP contribution < -0.4 is 5.32 Å². The van der Waals surface area contributed by atoms with Crippen molar-refractivity contribution < 1.29 is 4.79 Å². The van der Waals surface area contributed by atoms with Gasteiger partial charge in [0, 0.05) is 12.3 Å². The lowest BCUT2D eigenvalue weighted by molar-refractivity contribution is -0.117. The zero-order valence-corrected chi connectivity index (χ0v) is 11.8. The van der Waals surface area contributed by atoms with E-state index in [1.54, 1.807) is 11.3 Å². The average Bonchev–Trinajstić information content (AvgIpc) is 2.83. The van der Waals surface area contributed by atoms with Crippen molar-refractivity contribution in [2.24, 2.45) is 17.8 Å². The van der Waals surface area contributed by atoms with E-state index in [2.05, 4.69) is 15.5 Å². The van der Waals surface area contributed by atoms with Gasteiger partial charge in [-0.3, -0.25) is 4.79 Å². The number of carbonyl (C=O) groups is 1. The highest BCUT2D eigenvalue weighted by Gasteiger charge is 2.40. The molecule has 1 amide bonds. The largest absolute Gasteiger partial charge is 0.301 e. The van der Waals surface area contributed by atoms with Crippen molar-refractivity contribution in [3.63, 3.8) is 0 Å². The zero-order valence-electron chi connectivity index (χ0n) is 11.0. The fourth-order valence-corrected chi connectivity index (χ4v) is 4.74.